The fraction of sp³-hybridized carbons (Fsp3) is 0.353. The number of aryl methyl sites for hydroxylation is 1. The lowest BCUT2D eigenvalue weighted by molar-refractivity contribution is -0.117. The van der Waals surface area contributed by atoms with Crippen molar-refractivity contribution in [2.75, 3.05) is 38.0 Å². The second-order valence-electron chi connectivity index (χ2n) is 6.05. The minimum absolute atomic E-state index is 0.183. The van der Waals surface area contributed by atoms with Crippen LogP contribution in [0.1, 0.15) is 16.2 Å². The van der Waals surface area contributed by atoms with Gasteiger partial charge in [-0.15, -0.1) is 0 Å². The van der Waals surface area contributed by atoms with Gasteiger partial charge >= 0.3 is 0 Å². The number of anilines is 1. The maximum Gasteiger partial charge on any atom is 0.292 e. The highest BCUT2D eigenvalue weighted by molar-refractivity contribution is 6.39. The van der Waals surface area contributed by atoms with E-state index >= 15 is 0 Å². The van der Waals surface area contributed by atoms with Gasteiger partial charge in [0.15, 0.2) is 0 Å². The molecule has 7 nitrogen and oxygen atoms in total. The zero-order valence-corrected chi connectivity index (χ0v) is 15.7. The molecular formula is C17H18Cl2N4O3. The molecule has 0 spiro atoms. The molecule has 1 saturated heterocycles. The molecule has 1 aromatic carbocycles. The number of hydrogen-bond acceptors (Lipinski definition) is 5. The number of benzene rings is 1. The predicted molar refractivity (Wildman–Crippen MR) is 98.7 cm³/mol. The molecular weight excluding hydrogens is 379 g/mol. The van der Waals surface area contributed by atoms with Crippen molar-refractivity contribution < 1.29 is 14.1 Å². The van der Waals surface area contributed by atoms with Crippen molar-refractivity contribution in [3.63, 3.8) is 0 Å². The van der Waals surface area contributed by atoms with Crippen LogP contribution in [0.3, 0.4) is 0 Å². The molecule has 1 aliphatic rings. The van der Waals surface area contributed by atoms with Gasteiger partial charge in [-0.1, -0.05) is 34.4 Å². The molecule has 0 atom stereocenters. The molecule has 0 saturated carbocycles. The van der Waals surface area contributed by atoms with Crippen LogP contribution in [0.4, 0.5) is 5.69 Å². The van der Waals surface area contributed by atoms with E-state index in [0.29, 0.717) is 47.6 Å². The van der Waals surface area contributed by atoms with E-state index in [4.69, 9.17) is 27.7 Å². The molecule has 1 aromatic heterocycles. The predicted octanol–water partition coefficient (Wildman–Crippen LogP) is 2.69. The summed E-state index contributed by atoms with van der Waals surface area (Å²) in [5, 5.41) is 7.26. The maximum atomic E-state index is 12.3. The Morgan fingerprint density at radius 3 is 2.42 bits per heavy atom. The molecule has 2 heterocycles. The van der Waals surface area contributed by atoms with Crippen LogP contribution in [0, 0.1) is 6.92 Å². The summed E-state index contributed by atoms with van der Waals surface area (Å²) in [4.78, 5) is 28.2. The Kier molecular flexibility index (Phi) is 5.80. The Morgan fingerprint density at radius 1 is 1.19 bits per heavy atom. The molecule has 2 aromatic rings. The standard InChI is InChI=1S/C17H18Cl2N4O3/c1-11-9-14(26-21-11)17(25)23-7-5-22(6-8-23)10-15(24)20-16-12(18)3-2-4-13(16)19/h2-4,9H,5-8,10H2,1H3,(H,20,24). The van der Waals surface area contributed by atoms with E-state index in [1.807, 2.05) is 4.90 Å². The maximum absolute atomic E-state index is 12.3. The Labute approximate surface area is 160 Å². The van der Waals surface area contributed by atoms with E-state index in [1.165, 1.54) is 0 Å². The van der Waals surface area contributed by atoms with Crippen LogP contribution < -0.4 is 5.32 Å². The highest BCUT2D eigenvalue weighted by Gasteiger charge is 2.25. The molecule has 1 fully saturated rings. The highest BCUT2D eigenvalue weighted by atomic mass is 35.5. The second kappa shape index (κ2) is 8.07. The van der Waals surface area contributed by atoms with Crippen LogP contribution >= 0.6 is 23.2 Å². The van der Waals surface area contributed by atoms with Gasteiger partial charge in [0.05, 0.1) is 28.0 Å². The summed E-state index contributed by atoms with van der Waals surface area (Å²) < 4.78 is 5.02. The summed E-state index contributed by atoms with van der Waals surface area (Å²) in [5.74, 6) is -0.148. The van der Waals surface area contributed by atoms with Gasteiger partial charge in [0.2, 0.25) is 11.7 Å². The normalized spacial score (nSPS) is 15.1. The first-order valence-electron chi connectivity index (χ1n) is 8.13. The van der Waals surface area contributed by atoms with Crippen molar-refractivity contribution in [3.8, 4) is 0 Å². The lowest BCUT2D eigenvalue weighted by atomic mass is 10.2. The Morgan fingerprint density at radius 2 is 1.85 bits per heavy atom. The van der Waals surface area contributed by atoms with E-state index in [-0.39, 0.29) is 24.1 Å². The largest absolute Gasteiger partial charge is 0.351 e. The summed E-state index contributed by atoms with van der Waals surface area (Å²) in [6.45, 7) is 4.16. The van der Waals surface area contributed by atoms with Gasteiger partial charge in [-0.25, -0.2) is 0 Å². The van der Waals surface area contributed by atoms with Crippen LogP contribution in [-0.2, 0) is 4.79 Å². The van der Waals surface area contributed by atoms with Crippen molar-refractivity contribution in [2.45, 2.75) is 6.92 Å². The Balaban J connectivity index is 1.51. The molecule has 1 N–H and O–H groups in total. The van der Waals surface area contributed by atoms with E-state index in [2.05, 4.69) is 10.5 Å². The van der Waals surface area contributed by atoms with Gasteiger partial charge in [0.25, 0.3) is 5.91 Å². The zero-order valence-electron chi connectivity index (χ0n) is 14.2. The number of nitrogens with one attached hydrogen (secondary N) is 1. The lowest BCUT2D eigenvalue weighted by Crippen LogP contribution is -2.50. The third-order valence-electron chi connectivity index (χ3n) is 4.09. The lowest BCUT2D eigenvalue weighted by Gasteiger charge is -2.33. The number of para-hydroxylation sites is 1. The van der Waals surface area contributed by atoms with Gasteiger partial charge in [-0.2, -0.15) is 0 Å². The number of carbonyl (C=O) groups is 2. The van der Waals surface area contributed by atoms with Crippen LogP contribution in [0.25, 0.3) is 0 Å². The van der Waals surface area contributed by atoms with Crippen molar-refractivity contribution in [1.82, 2.24) is 15.0 Å². The third-order valence-corrected chi connectivity index (χ3v) is 4.72. The number of nitrogens with zero attached hydrogens (tertiary/aromatic N) is 3. The van der Waals surface area contributed by atoms with Gasteiger partial charge in [-0.3, -0.25) is 14.5 Å². The third kappa shape index (κ3) is 4.35. The van der Waals surface area contributed by atoms with E-state index in [0.717, 1.165) is 0 Å². The van der Waals surface area contributed by atoms with Crippen molar-refractivity contribution in [1.29, 1.82) is 0 Å². The monoisotopic (exact) mass is 396 g/mol. The number of rotatable bonds is 4. The molecule has 9 heteroatoms. The number of piperazine rings is 1. The minimum Gasteiger partial charge on any atom is -0.351 e. The molecule has 0 aliphatic carbocycles. The quantitative estimate of drug-likeness (QED) is 0.859. The fourth-order valence-electron chi connectivity index (χ4n) is 2.73. The SMILES string of the molecule is Cc1cc(C(=O)N2CCN(CC(=O)Nc3c(Cl)cccc3Cl)CC2)on1. The van der Waals surface area contributed by atoms with Crippen LogP contribution in [0.2, 0.25) is 10.0 Å². The van der Waals surface area contributed by atoms with E-state index in [1.54, 1.807) is 36.1 Å². The van der Waals surface area contributed by atoms with Crippen LogP contribution in [0.5, 0.6) is 0 Å². The van der Waals surface area contributed by atoms with E-state index in [9.17, 15) is 9.59 Å². The first-order chi connectivity index (χ1) is 12.4. The molecule has 26 heavy (non-hydrogen) atoms. The average molecular weight is 397 g/mol. The molecule has 1 aliphatic heterocycles. The number of carbonyl (C=O) groups excluding carboxylic acids is 2. The molecule has 138 valence electrons. The van der Waals surface area contributed by atoms with Crippen molar-refractivity contribution in [2.24, 2.45) is 0 Å². The summed E-state index contributed by atoms with van der Waals surface area (Å²) in [6.07, 6.45) is 0. The van der Waals surface area contributed by atoms with Crippen LogP contribution in [-0.4, -0.2) is 59.5 Å². The van der Waals surface area contributed by atoms with Crippen molar-refractivity contribution in [3.05, 3.63) is 45.8 Å². The first kappa shape index (κ1) is 18.7. The minimum atomic E-state index is -0.203. The van der Waals surface area contributed by atoms with Crippen LogP contribution in [0.15, 0.2) is 28.8 Å². The molecule has 0 unspecified atom stereocenters. The summed E-state index contributed by atoms with van der Waals surface area (Å²) in [5.41, 5.74) is 1.08. The first-order valence-corrected chi connectivity index (χ1v) is 8.88. The van der Waals surface area contributed by atoms with E-state index < -0.39 is 0 Å². The fourth-order valence-corrected chi connectivity index (χ4v) is 3.22. The van der Waals surface area contributed by atoms with Crippen molar-refractivity contribution >= 4 is 40.7 Å². The number of hydrogen-bond donors (Lipinski definition) is 1. The Bertz CT molecular complexity index is 796. The molecule has 0 radical (unpaired) electrons. The van der Waals surface area contributed by atoms with Gasteiger partial charge in [0, 0.05) is 32.2 Å². The Hall–Kier alpha value is -2.09. The van der Waals surface area contributed by atoms with Gasteiger partial charge in [0.1, 0.15) is 0 Å². The second-order valence-corrected chi connectivity index (χ2v) is 6.86. The summed E-state index contributed by atoms with van der Waals surface area (Å²) in [7, 11) is 0. The summed E-state index contributed by atoms with van der Waals surface area (Å²) >= 11 is 12.1. The molecule has 2 amide bonds. The number of halogens is 2. The molecule has 3 rings (SSSR count). The summed E-state index contributed by atoms with van der Waals surface area (Å²) in [6, 6.07) is 6.67. The highest BCUT2D eigenvalue weighted by Crippen LogP contribution is 2.29. The number of amides is 2. The average Bonchev–Trinajstić information content (AvgIpc) is 3.05. The smallest absolute Gasteiger partial charge is 0.292 e. The van der Waals surface area contributed by atoms with Gasteiger partial charge in [-0.05, 0) is 19.1 Å². The number of aromatic nitrogens is 1. The molecule has 0 bridgehead atoms. The topological polar surface area (TPSA) is 78.7 Å². The van der Waals surface area contributed by atoms with Gasteiger partial charge < -0.3 is 14.7 Å². The zero-order chi connectivity index (χ0) is 18.7.